The molecule has 1 aromatic rings. The number of guanidine groups is 1. The number of benzene rings is 1. The van der Waals surface area contributed by atoms with E-state index in [2.05, 4.69) is 10.6 Å². The first kappa shape index (κ1) is 10.4. The lowest BCUT2D eigenvalue weighted by Gasteiger charge is -2.23. The van der Waals surface area contributed by atoms with Crippen LogP contribution in [0.3, 0.4) is 0 Å². The third kappa shape index (κ3) is 1.67. The number of carbonyl (C=O) groups is 2. The summed E-state index contributed by atoms with van der Waals surface area (Å²) in [5, 5.41) is 11.8. The number of hydrogen-bond donors (Lipinski definition) is 3. The summed E-state index contributed by atoms with van der Waals surface area (Å²) in [5.41, 5.74) is 1.55. The highest BCUT2D eigenvalue weighted by Gasteiger charge is 2.34. The minimum atomic E-state index is -0.865. The predicted octanol–water partition coefficient (Wildman–Crippen LogP) is 0.259. The number of amides is 2. The van der Waals surface area contributed by atoms with Gasteiger partial charge in [0.1, 0.15) is 5.92 Å². The Bertz CT molecular complexity index is 462. The summed E-state index contributed by atoms with van der Waals surface area (Å²) in [5.74, 6) is -2.04. The van der Waals surface area contributed by atoms with Crippen molar-refractivity contribution in [3.05, 3.63) is 35.4 Å². The predicted molar refractivity (Wildman–Crippen MR) is 57.9 cm³/mol. The molecule has 0 aliphatic carbocycles. The normalized spacial score (nSPS) is 20.3. The second kappa shape index (κ2) is 3.77. The van der Waals surface area contributed by atoms with Gasteiger partial charge in [0.25, 0.3) is 0 Å². The van der Waals surface area contributed by atoms with Gasteiger partial charge >= 0.3 is 0 Å². The van der Waals surface area contributed by atoms with Crippen LogP contribution in [0.15, 0.2) is 24.3 Å². The third-order valence-corrected chi connectivity index (χ3v) is 2.52. The van der Waals surface area contributed by atoms with Crippen molar-refractivity contribution >= 4 is 17.8 Å². The molecule has 0 spiro atoms. The van der Waals surface area contributed by atoms with Gasteiger partial charge in [-0.15, -0.1) is 0 Å². The van der Waals surface area contributed by atoms with Crippen LogP contribution in [0.4, 0.5) is 0 Å². The first-order chi connectivity index (χ1) is 7.59. The molecular formula is C11H11N3O2. The Morgan fingerprint density at radius 1 is 1.12 bits per heavy atom. The van der Waals surface area contributed by atoms with Gasteiger partial charge in [-0.3, -0.25) is 25.6 Å². The summed E-state index contributed by atoms with van der Waals surface area (Å²) in [6.45, 7) is 1.84. The molecule has 16 heavy (non-hydrogen) atoms. The van der Waals surface area contributed by atoms with Crippen LogP contribution in [-0.4, -0.2) is 17.8 Å². The lowest BCUT2D eigenvalue weighted by atomic mass is 9.92. The average Bonchev–Trinajstić information content (AvgIpc) is 2.19. The number of nitrogens with one attached hydrogen (secondary N) is 3. The van der Waals surface area contributed by atoms with E-state index in [-0.39, 0.29) is 5.96 Å². The van der Waals surface area contributed by atoms with E-state index in [0.29, 0.717) is 5.56 Å². The molecule has 1 heterocycles. The van der Waals surface area contributed by atoms with Crippen molar-refractivity contribution in [2.75, 3.05) is 0 Å². The number of carbonyl (C=O) groups excluding carboxylic acids is 2. The highest BCUT2D eigenvalue weighted by atomic mass is 16.2. The summed E-state index contributed by atoms with van der Waals surface area (Å²) in [7, 11) is 0. The Morgan fingerprint density at radius 2 is 1.69 bits per heavy atom. The molecule has 0 atom stereocenters. The second-order valence-electron chi connectivity index (χ2n) is 3.64. The maximum atomic E-state index is 11.7. The summed E-state index contributed by atoms with van der Waals surface area (Å²) in [6, 6.07) is 7.21. The molecule has 1 saturated heterocycles. The summed E-state index contributed by atoms with van der Waals surface area (Å²) in [6.07, 6.45) is 0. The quantitative estimate of drug-likeness (QED) is 0.590. The molecule has 5 nitrogen and oxygen atoms in total. The van der Waals surface area contributed by atoms with Crippen LogP contribution >= 0.6 is 0 Å². The Morgan fingerprint density at radius 3 is 2.25 bits per heavy atom. The smallest absolute Gasteiger partial charge is 0.243 e. The lowest BCUT2D eigenvalue weighted by molar-refractivity contribution is -0.131. The fourth-order valence-corrected chi connectivity index (χ4v) is 1.73. The van der Waals surface area contributed by atoms with Gasteiger partial charge < -0.3 is 0 Å². The number of aryl methyl sites for hydroxylation is 1. The van der Waals surface area contributed by atoms with Crippen molar-refractivity contribution in [2.45, 2.75) is 12.8 Å². The van der Waals surface area contributed by atoms with E-state index in [0.717, 1.165) is 5.56 Å². The van der Waals surface area contributed by atoms with Crippen LogP contribution < -0.4 is 10.6 Å². The molecule has 0 radical (unpaired) electrons. The molecule has 3 N–H and O–H groups in total. The minimum absolute atomic E-state index is 0.264. The molecule has 0 unspecified atom stereocenters. The lowest BCUT2D eigenvalue weighted by Crippen LogP contribution is -2.55. The molecule has 1 aliphatic heterocycles. The Kier molecular flexibility index (Phi) is 2.44. The molecular weight excluding hydrogens is 206 g/mol. The standard InChI is InChI=1S/C11H11N3O2/c1-6-4-2-3-5-7(6)8-9(15)13-11(12)14-10(8)16/h2-5,8H,1H3,(H3,12,13,14,15,16). The highest BCUT2D eigenvalue weighted by molar-refractivity contribution is 6.20. The molecule has 0 bridgehead atoms. The molecule has 2 amide bonds. The molecule has 2 rings (SSSR count). The monoisotopic (exact) mass is 217 g/mol. The van der Waals surface area contributed by atoms with Crippen molar-refractivity contribution in [3.8, 4) is 0 Å². The van der Waals surface area contributed by atoms with Crippen LogP contribution in [0.2, 0.25) is 0 Å². The molecule has 1 aromatic carbocycles. The zero-order chi connectivity index (χ0) is 11.7. The zero-order valence-corrected chi connectivity index (χ0v) is 8.70. The van der Waals surface area contributed by atoms with Crippen LogP contribution in [0.5, 0.6) is 0 Å². The summed E-state index contributed by atoms with van der Waals surface area (Å²) < 4.78 is 0. The van der Waals surface area contributed by atoms with E-state index < -0.39 is 17.7 Å². The Hall–Kier alpha value is -2.17. The van der Waals surface area contributed by atoms with E-state index in [4.69, 9.17) is 5.41 Å². The molecule has 1 aliphatic rings. The van der Waals surface area contributed by atoms with Crippen LogP contribution in [0, 0.1) is 12.3 Å². The van der Waals surface area contributed by atoms with E-state index >= 15 is 0 Å². The average molecular weight is 217 g/mol. The maximum absolute atomic E-state index is 11.7. The van der Waals surface area contributed by atoms with E-state index in [1.807, 2.05) is 19.1 Å². The largest absolute Gasteiger partial charge is 0.296 e. The van der Waals surface area contributed by atoms with E-state index in [9.17, 15) is 9.59 Å². The molecule has 1 fully saturated rings. The van der Waals surface area contributed by atoms with Gasteiger partial charge in [-0.05, 0) is 18.1 Å². The van der Waals surface area contributed by atoms with E-state index in [1.165, 1.54) is 0 Å². The fourth-order valence-electron chi connectivity index (χ4n) is 1.73. The van der Waals surface area contributed by atoms with Gasteiger partial charge in [0.15, 0.2) is 0 Å². The molecule has 0 aromatic heterocycles. The van der Waals surface area contributed by atoms with Crippen LogP contribution in [-0.2, 0) is 9.59 Å². The topological polar surface area (TPSA) is 82.1 Å². The third-order valence-electron chi connectivity index (χ3n) is 2.52. The Balaban J connectivity index is 2.41. The SMILES string of the molecule is Cc1ccccc1C1C(=O)NC(=N)NC1=O. The van der Waals surface area contributed by atoms with Crippen molar-refractivity contribution in [1.82, 2.24) is 10.6 Å². The van der Waals surface area contributed by atoms with Crippen molar-refractivity contribution in [2.24, 2.45) is 0 Å². The van der Waals surface area contributed by atoms with Crippen molar-refractivity contribution in [3.63, 3.8) is 0 Å². The molecule has 0 saturated carbocycles. The van der Waals surface area contributed by atoms with Crippen molar-refractivity contribution in [1.29, 1.82) is 5.41 Å². The van der Waals surface area contributed by atoms with Gasteiger partial charge in [-0.2, -0.15) is 0 Å². The zero-order valence-electron chi connectivity index (χ0n) is 8.70. The first-order valence-corrected chi connectivity index (χ1v) is 4.85. The van der Waals surface area contributed by atoms with Crippen molar-refractivity contribution < 1.29 is 9.59 Å². The highest BCUT2D eigenvalue weighted by Crippen LogP contribution is 2.21. The Labute approximate surface area is 92.4 Å². The first-order valence-electron chi connectivity index (χ1n) is 4.85. The minimum Gasteiger partial charge on any atom is -0.296 e. The summed E-state index contributed by atoms with van der Waals surface area (Å²) >= 11 is 0. The van der Waals surface area contributed by atoms with Gasteiger partial charge in [0.05, 0.1) is 0 Å². The van der Waals surface area contributed by atoms with Gasteiger partial charge in [0, 0.05) is 0 Å². The van der Waals surface area contributed by atoms with Gasteiger partial charge in [-0.1, -0.05) is 24.3 Å². The maximum Gasteiger partial charge on any atom is 0.243 e. The summed E-state index contributed by atoms with van der Waals surface area (Å²) in [4.78, 5) is 23.3. The van der Waals surface area contributed by atoms with E-state index in [1.54, 1.807) is 12.1 Å². The fraction of sp³-hybridized carbons (Fsp3) is 0.182. The van der Waals surface area contributed by atoms with Crippen LogP contribution in [0.25, 0.3) is 0 Å². The second-order valence-corrected chi connectivity index (χ2v) is 3.64. The van der Waals surface area contributed by atoms with Crippen LogP contribution in [0.1, 0.15) is 17.0 Å². The number of hydrogen-bond acceptors (Lipinski definition) is 3. The van der Waals surface area contributed by atoms with Gasteiger partial charge in [0.2, 0.25) is 17.8 Å². The number of rotatable bonds is 1. The molecule has 82 valence electrons. The van der Waals surface area contributed by atoms with Gasteiger partial charge in [-0.25, -0.2) is 0 Å². The molecule has 5 heteroatoms.